The summed E-state index contributed by atoms with van der Waals surface area (Å²) < 4.78 is 27.9. The average Bonchev–Trinajstić information content (AvgIpc) is 3.48. The molecule has 230 valence electrons. The second-order valence-corrected chi connectivity index (χ2v) is 11.2. The van der Waals surface area contributed by atoms with Gasteiger partial charge in [0.15, 0.2) is 11.9 Å². The SMILES string of the molecule is CCCc1nc(C)n(-c2ccc(OC3CCC(=O)CC3)cc2)c(=O)c1Cc1ccc(-c2ccccc2-c2noc([O-])n2)cc1F. The van der Waals surface area contributed by atoms with Crippen molar-refractivity contribution in [3.8, 4) is 40.0 Å². The van der Waals surface area contributed by atoms with E-state index in [4.69, 9.17) is 9.72 Å². The molecule has 1 saturated carbocycles. The first-order valence-electron chi connectivity index (χ1n) is 15.1. The molecule has 0 aliphatic heterocycles. The molecule has 0 N–H and O–H groups in total. The van der Waals surface area contributed by atoms with Gasteiger partial charge < -0.3 is 14.4 Å². The largest absolute Gasteiger partial charge is 0.528 e. The molecular formula is C35H32FN4O5-. The van der Waals surface area contributed by atoms with Gasteiger partial charge in [-0.05, 0) is 73.2 Å². The lowest BCUT2D eigenvalue weighted by Crippen LogP contribution is -2.28. The first-order chi connectivity index (χ1) is 21.8. The minimum absolute atomic E-state index is 0.000879. The molecule has 0 saturated heterocycles. The number of benzene rings is 3. The zero-order valence-corrected chi connectivity index (χ0v) is 25.1. The van der Waals surface area contributed by atoms with Crippen molar-refractivity contribution in [2.24, 2.45) is 0 Å². The van der Waals surface area contributed by atoms with Crippen LogP contribution in [0.4, 0.5) is 4.39 Å². The summed E-state index contributed by atoms with van der Waals surface area (Å²) in [6.07, 6.45) is 3.12. The van der Waals surface area contributed by atoms with Gasteiger partial charge in [-0.25, -0.2) is 14.4 Å². The topological polar surface area (TPSA) is 123 Å². The Morgan fingerprint density at radius 2 is 1.73 bits per heavy atom. The number of aromatic nitrogens is 4. The lowest BCUT2D eigenvalue weighted by Gasteiger charge is -2.22. The predicted molar refractivity (Wildman–Crippen MR) is 164 cm³/mol. The number of hydrogen-bond donors (Lipinski definition) is 0. The normalized spacial score (nSPS) is 13.7. The fraction of sp³-hybridized carbons (Fsp3) is 0.286. The molecule has 1 fully saturated rings. The van der Waals surface area contributed by atoms with E-state index in [0.29, 0.717) is 82.9 Å². The molecule has 0 unspecified atom stereocenters. The molecule has 0 spiro atoms. The van der Waals surface area contributed by atoms with Crippen molar-refractivity contribution >= 4 is 5.78 Å². The summed E-state index contributed by atoms with van der Waals surface area (Å²) in [4.78, 5) is 34.1. The van der Waals surface area contributed by atoms with E-state index in [-0.39, 0.29) is 29.7 Å². The van der Waals surface area contributed by atoms with Crippen LogP contribution in [0.2, 0.25) is 0 Å². The summed E-state index contributed by atoms with van der Waals surface area (Å²) in [5, 5.41) is 15.2. The van der Waals surface area contributed by atoms with Gasteiger partial charge in [0.25, 0.3) is 5.56 Å². The van der Waals surface area contributed by atoms with Crippen LogP contribution in [0.5, 0.6) is 11.8 Å². The maximum absolute atomic E-state index is 15.7. The zero-order chi connectivity index (χ0) is 31.5. The minimum Gasteiger partial charge on any atom is -0.528 e. The highest BCUT2D eigenvalue weighted by molar-refractivity contribution is 5.80. The van der Waals surface area contributed by atoms with Crippen LogP contribution >= 0.6 is 0 Å². The molecule has 3 aromatic carbocycles. The summed E-state index contributed by atoms with van der Waals surface area (Å²) in [6.45, 7) is 3.81. The molecular weight excluding hydrogens is 575 g/mol. The van der Waals surface area contributed by atoms with Crippen LogP contribution in [0, 0.1) is 12.7 Å². The molecule has 0 radical (unpaired) electrons. The lowest BCUT2D eigenvalue weighted by atomic mass is 9.95. The van der Waals surface area contributed by atoms with Gasteiger partial charge in [0.1, 0.15) is 23.2 Å². The Balaban J connectivity index is 1.30. The van der Waals surface area contributed by atoms with Crippen molar-refractivity contribution in [2.45, 2.75) is 64.9 Å². The standard InChI is InChI=1S/C35H33FN4O5/c1-3-6-32-30(19-23-10-9-22(20-31(23)36)28-7-4-5-8-29(28)33-38-35(43)45-39-33)34(42)40(21(2)37-32)24-11-15-26(16-12-24)44-27-17-13-25(41)14-18-27/h4-5,7-12,15-16,20,27H,3,6,13-14,17-19H2,1-2H3,(H,38,39,43)/p-1. The number of aryl methyl sites for hydroxylation is 2. The van der Waals surface area contributed by atoms with E-state index in [1.165, 1.54) is 6.07 Å². The summed E-state index contributed by atoms with van der Waals surface area (Å²) in [7, 11) is 0. The van der Waals surface area contributed by atoms with Gasteiger partial charge in [0.2, 0.25) is 0 Å². The fourth-order valence-corrected chi connectivity index (χ4v) is 5.84. The highest BCUT2D eigenvalue weighted by atomic mass is 19.1. The van der Waals surface area contributed by atoms with Gasteiger partial charge in [-0.3, -0.25) is 14.2 Å². The van der Waals surface area contributed by atoms with E-state index in [1.54, 1.807) is 47.9 Å². The number of ketones is 1. The quantitative estimate of drug-likeness (QED) is 0.203. The van der Waals surface area contributed by atoms with Crippen LogP contribution in [0.25, 0.3) is 28.2 Å². The van der Waals surface area contributed by atoms with Crippen LogP contribution in [-0.2, 0) is 17.6 Å². The molecule has 0 atom stereocenters. The Morgan fingerprint density at radius 3 is 2.40 bits per heavy atom. The third-order valence-electron chi connectivity index (χ3n) is 8.11. The highest BCUT2D eigenvalue weighted by Gasteiger charge is 2.21. The molecule has 2 heterocycles. The average molecular weight is 608 g/mol. The second-order valence-electron chi connectivity index (χ2n) is 11.2. The van der Waals surface area contributed by atoms with Crippen LogP contribution in [0.15, 0.2) is 76.0 Å². The molecule has 1 aliphatic rings. The van der Waals surface area contributed by atoms with Crippen molar-refractivity contribution in [1.29, 1.82) is 0 Å². The van der Waals surface area contributed by atoms with E-state index in [0.717, 1.165) is 6.42 Å². The van der Waals surface area contributed by atoms with Gasteiger partial charge >= 0.3 is 0 Å². The second kappa shape index (κ2) is 12.9. The van der Waals surface area contributed by atoms with Crippen LogP contribution < -0.4 is 15.4 Å². The van der Waals surface area contributed by atoms with E-state index in [9.17, 15) is 14.7 Å². The first-order valence-corrected chi connectivity index (χ1v) is 15.1. The number of carbonyl (C=O) groups excluding carboxylic acids is 1. The van der Waals surface area contributed by atoms with Crippen molar-refractivity contribution in [3.05, 3.63) is 106 Å². The predicted octanol–water partition coefficient (Wildman–Crippen LogP) is 5.90. The van der Waals surface area contributed by atoms with E-state index >= 15 is 4.39 Å². The summed E-state index contributed by atoms with van der Waals surface area (Å²) in [5.41, 5.74) is 3.59. The van der Waals surface area contributed by atoms with Crippen molar-refractivity contribution < 1.29 is 23.6 Å². The maximum Gasteiger partial charge on any atom is 0.261 e. The fourth-order valence-electron chi connectivity index (χ4n) is 5.84. The number of rotatable bonds is 9. The number of ether oxygens (including phenoxy) is 1. The Labute approximate surface area is 259 Å². The third kappa shape index (κ3) is 6.40. The van der Waals surface area contributed by atoms with Crippen LogP contribution in [-0.4, -0.2) is 31.6 Å². The zero-order valence-electron chi connectivity index (χ0n) is 25.1. The van der Waals surface area contributed by atoms with E-state index < -0.39 is 11.9 Å². The number of hydrogen-bond acceptors (Lipinski definition) is 8. The molecule has 1 aliphatic carbocycles. The van der Waals surface area contributed by atoms with Gasteiger partial charge in [-0.15, -0.1) is 0 Å². The van der Waals surface area contributed by atoms with E-state index in [1.807, 2.05) is 31.2 Å². The molecule has 6 rings (SSSR count). The van der Waals surface area contributed by atoms with Crippen LogP contribution in [0.1, 0.15) is 61.7 Å². The minimum atomic E-state index is -0.802. The molecule has 0 bridgehead atoms. The lowest BCUT2D eigenvalue weighted by molar-refractivity contribution is -0.303. The number of halogens is 1. The Kier molecular flexibility index (Phi) is 8.55. The molecule has 10 heteroatoms. The van der Waals surface area contributed by atoms with Gasteiger partial charge in [-0.1, -0.05) is 49.7 Å². The number of carbonyl (C=O) groups is 1. The smallest absolute Gasteiger partial charge is 0.261 e. The van der Waals surface area contributed by atoms with Gasteiger partial charge in [0.05, 0.1) is 17.5 Å². The Hall–Kier alpha value is -5.12. The third-order valence-corrected chi connectivity index (χ3v) is 8.11. The van der Waals surface area contributed by atoms with Crippen molar-refractivity contribution in [2.75, 3.05) is 0 Å². The first kappa shape index (κ1) is 29.9. The number of nitrogens with zero attached hydrogens (tertiary/aromatic N) is 4. The van der Waals surface area contributed by atoms with Crippen LogP contribution in [0.3, 0.4) is 0 Å². The molecule has 45 heavy (non-hydrogen) atoms. The monoisotopic (exact) mass is 607 g/mol. The number of Topliss-reactive ketones (excluding diaryl/α,β-unsaturated/α-hetero) is 1. The van der Waals surface area contributed by atoms with Gasteiger partial charge in [-0.2, -0.15) is 5.16 Å². The summed E-state index contributed by atoms with van der Waals surface area (Å²) >= 11 is 0. The molecule has 9 nitrogen and oxygen atoms in total. The Morgan fingerprint density at radius 1 is 1.00 bits per heavy atom. The summed E-state index contributed by atoms with van der Waals surface area (Å²) in [5.74, 6) is 1.15. The van der Waals surface area contributed by atoms with Crippen molar-refractivity contribution in [3.63, 3.8) is 0 Å². The highest BCUT2D eigenvalue weighted by Crippen LogP contribution is 2.32. The van der Waals surface area contributed by atoms with Crippen molar-refractivity contribution in [1.82, 2.24) is 19.7 Å². The maximum atomic E-state index is 15.7. The Bertz CT molecular complexity index is 1900. The van der Waals surface area contributed by atoms with Gasteiger partial charge in [0, 0.05) is 30.4 Å². The molecule has 5 aromatic rings. The molecule has 0 amide bonds. The molecule has 2 aromatic heterocycles. The van der Waals surface area contributed by atoms with E-state index in [2.05, 4.69) is 14.7 Å². The summed E-state index contributed by atoms with van der Waals surface area (Å²) in [6, 6.07) is 19.2.